The molecular weight excluding hydrogens is 252 g/mol. The molecule has 0 bridgehead atoms. The summed E-state index contributed by atoms with van der Waals surface area (Å²) in [5.41, 5.74) is -0.189. The molecule has 0 atom stereocenters. The van der Waals surface area contributed by atoms with Gasteiger partial charge in [0.25, 0.3) is 0 Å². The van der Waals surface area contributed by atoms with E-state index >= 15 is 0 Å². The molecule has 2 aromatic heterocycles. The molecule has 1 amide bonds. The minimum absolute atomic E-state index is 0.0653. The minimum Gasteiger partial charge on any atom is -0.476 e. The number of carbonyl (C=O) groups is 2. The molecule has 9 heteroatoms. The van der Waals surface area contributed by atoms with E-state index in [1.54, 1.807) is 18.7 Å². The van der Waals surface area contributed by atoms with Crippen molar-refractivity contribution in [3.63, 3.8) is 0 Å². The molecule has 0 aliphatic carbocycles. The molecule has 100 valence electrons. The highest BCUT2D eigenvalue weighted by Crippen LogP contribution is 1.92. The Balaban J connectivity index is 1.75. The minimum atomic E-state index is -1.17. The van der Waals surface area contributed by atoms with Crippen molar-refractivity contribution in [2.45, 2.75) is 13.1 Å². The van der Waals surface area contributed by atoms with Gasteiger partial charge >= 0.3 is 5.97 Å². The second-order valence-electron chi connectivity index (χ2n) is 3.76. The number of rotatable bonds is 6. The highest BCUT2D eigenvalue weighted by Gasteiger charge is 2.10. The summed E-state index contributed by atoms with van der Waals surface area (Å²) in [6.45, 7) is 1.00. The molecule has 0 saturated carbocycles. The lowest BCUT2D eigenvalue weighted by Gasteiger charge is -2.05. The topological polar surface area (TPSA) is 115 Å². The molecule has 2 rings (SSSR count). The van der Waals surface area contributed by atoms with Crippen LogP contribution in [0, 0.1) is 0 Å². The number of aromatic carboxylic acids is 1. The second kappa shape index (κ2) is 5.76. The predicted molar refractivity (Wildman–Crippen MR) is 62.2 cm³/mol. The lowest BCUT2D eigenvalue weighted by Crippen LogP contribution is -2.30. The first kappa shape index (κ1) is 12.7. The van der Waals surface area contributed by atoms with Gasteiger partial charge in [-0.2, -0.15) is 0 Å². The van der Waals surface area contributed by atoms with Crippen molar-refractivity contribution in [3.8, 4) is 0 Å². The Morgan fingerprint density at radius 2 is 2.26 bits per heavy atom. The first-order valence-corrected chi connectivity index (χ1v) is 5.51. The van der Waals surface area contributed by atoms with Crippen LogP contribution in [0.1, 0.15) is 10.5 Å². The van der Waals surface area contributed by atoms with E-state index in [0.29, 0.717) is 13.1 Å². The third-order valence-electron chi connectivity index (χ3n) is 2.31. The van der Waals surface area contributed by atoms with Gasteiger partial charge in [-0.05, 0) is 0 Å². The van der Waals surface area contributed by atoms with Crippen LogP contribution in [0.2, 0.25) is 0 Å². The van der Waals surface area contributed by atoms with Gasteiger partial charge in [0.05, 0.1) is 12.5 Å². The van der Waals surface area contributed by atoms with E-state index in [1.165, 1.54) is 10.9 Å². The van der Waals surface area contributed by atoms with Crippen LogP contribution in [-0.2, 0) is 17.9 Å². The molecular formula is C10H12N6O3. The number of imidazole rings is 1. The van der Waals surface area contributed by atoms with Gasteiger partial charge in [-0.25, -0.2) is 14.5 Å². The van der Waals surface area contributed by atoms with Gasteiger partial charge in [0.15, 0.2) is 5.69 Å². The maximum atomic E-state index is 11.5. The Kier molecular flexibility index (Phi) is 3.86. The molecule has 9 nitrogen and oxygen atoms in total. The van der Waals surface area contributed by atoms with Crippen LogP contribution in [0.15, 0.2) is 24.9 Å². The maximum absolute atomic E-state index is 11.5. The third kappa shape index (κ3) is 3.63. The van der Waals surface area contributed by atoms with Crippen molar-refractivity contribution in [2.75, 3.05) is 6.54 Å². The second-order valence-corrected chi connectivity index (χ2v) is 3.76. The summed E-state index contributed by atoms with van der Waals surface area (Å²) in [5, 5.41) is 18.3. The van der Waals surface area contributed by atoms with Gasteiger partial charge < -0.3 is 15.0 Å². The summed E-state index contributed by atoms with van der Waals surface area (Å²) in [6, 6.07) is 0. The summed E-state index contributed by atoms with van der Waals surface area (Å²) >= 11 is 0. The van der Waals surface area contributed by atoms with Crippen LogP contribution < -0.4 is 5.32 Å². The fourth-order valence-electron chi connectivity index (χ4n) is 1.42. The average molecular weight is 264 g/mol. The van der Waals surface area contributed by atoms with Crippen molar-refractivity contribution in [1.82, 2.24) is 29.9 Å². The molecule has 0 aromatic carbocycles. The van der Waals surface area contributed by atoms with Gasteiger partial charge in [0.1, 0.15) is 6.54 Å². The van der Waals surface area contributed by atoms with Gasteiger partial charge in [-0.15, -0.1) is 5.10 Å². The lowest BCUT2D eigenvalue weighted by atomic mass is 10.5. The zero-order chi connectivity index (χ0) is 13.7. The Bertz CT molecular complexity index is 562. The fourth-order valence-corrected chi connectivity index (χ4v) is 1.42. The highest BCUT2D eigenvalue weighted by molar-refractivity contribution is 5.84. The summed E-state index contributed by atoms with van der Waals surface area (Å²) in [7, 11) is 0. The van der Waals surface area contributed by atoms with Crippen molar-refractivity contribution in [2.24, 2.45) is 0 Å². The van der Waals surface area contributed by atoms with E-state index in [9.17, 15) is 9.59 Å². The monoisotopic (exact) mass is 264 g/mol. The summed E-state index contributed by atoms with van der Waals surface area (Å²) in [6.07, 6.45) is 6.31. The first-order chi connectivity index (χ1) is 9.15. The molecule has 2 heterocycles. The summed E-state index contributed by atoms with van der Waals surface area (Å²) in [4.78, 5) is 26.0. The van der Waals surface area contributed by atoms with E-state index in [4.69, 9.17) is 5.11 Å². The van der Waals surface area contributed by atoms with Crippen molar-refractivity contribution in [3.05, 3.63) is 30.6 Å². The molecule has 0 radical (unpaired) electrons. The third-order valence-corrected chi connectivity index (χ3v) is 2.31. The van der Waals surface area contributed by atoms with E-state index in [2.05, 4.69) is 20.6 Å². The number of nitrogens with zero attached hydrogens (tertiary/aromatic N) is 5. The van der Waals surface area contributed by atoms with Crippen molar-refractivity contribution in [1.29, 1.82) is 0 Å². The Hall–Kier alpha value is -2.71. The number of nitrogens with one attached hydrogen (secondary N) is 1. The summed E-state index contributed by atoms with van der Waals surface area (Å²) in [5.74, 6) is -1.44. The Morgan fingerprint density at radius 1 is 1.42 bits per heavy atom. The maximum Gasteiger partial charge on any atom is 0.358 e. The zero-order valence-corrected chi connectivity index (χ0v) is 9.93. The van der Waals surface area contributed by atoms with Crippen molar-refractivity contribution < 1.29 is 14.7 Å². The van der Waals surface area contributed by atoms with Crippen LogP contribution >= 0.6 is 0 Å². The number of hydrogen-bond donors (Lipinski definition) is 2. The smallest absolute Gasteiger partial charge is 0.358 e. The number of amides is 1. The quantitative estimate of drug-likeness (QED) is 0.690. The number of carboxylic acid groups (broad SMARTS) is 1. The standard InChI is InChI=1S/C10H12N6O3/c17-9(12-2-4-15-3-1-11-7-15)6-16-5-8(10(18)19)13-14-16/h1,3,5,7H,2,4,6H2,(H,12,17)(H,18,19). The molecule has 0 fully saturated rings. The number of carbonyl (C=O) groups excluding carboxylic acids is 1. The number of carboxylic acids is 1. The van der Waals surface area contributed by atoms with Gasteiger partial charge in [-0.3, -0.25) is 4.79 Å². The molecule has 2 aromatic rings. The largest absolute Gasteiger partial charge is 0.476 e. The summed E-state index contributed by atoms with van der Waals surface area (Å²) < 4.78 is 3.01. The van der Waals surface area contributed by atoms with Crippen molar-refractivity contribution >= 4 is 11.9 Å². The molecule has 0 aliphatic rings. The van der Waals surface area contributed by atoms with Gasteiger partial charge in [-0.1, -0.05) is 5.21 Å². The zero-order valence-electron chi connectivity index (χ0n) is 9.93. The van der Waals surface area contributed by atoms with E-state index in [0.717, 1.165) is 0 Å². The number of hydrogen-bond acceptors (Lipinski definition) is 5. The molecule has 0 aliphatic heterocycles. The van der Waals surface area contributed by atoms with Crippen LogP contribution in [-0.4, -0.2) is 48.1 Å². The van der Waals surface area contributed by atoms with Crippen LogP contribution in [0.25, 0.3) is 0 Å². The predicted octanol–water partition coefficient (Wildman–Crippen LogP) is -1.01. The molecule has 19 heavy (non-hydrogen) atoms. The van der Waals surface area contributed by atoms with Crippen LogP contribution in [0.5, 0.6) is 0 Å². The number of aromatic nitrogens is 5. The van der Waals surface area contributed by atoms with Crippen LogP contribution in [0.4, 0.5) is 0 Å². The van der Waals surface area contributed by atoms with E-state index in [-0.39, 0.29) is 18.1 Å². The van der Waals surface area contributed by atoms with Crippen LogP contribution in [0.3, 0.4) is 0 Å². The van der Waals surface area contributed by atoms with E-state index < -0.39 is 5.97 Å². The molecule has 0 spiro atoms. The first-order valence-electron chi connectivity index (χ1n) is 5.51. The molecule has 2 N–H and O–H groups in total. The average Bonchev–Trinajstić information content (AvgIpc) is 3.00. The van der Waals surface area contributed by atoms with E-state index in [1.807, 2.05) is 4.57 Å². The Labute approximate surface area is 107 Å². The fraction of sp³-hybridized carbons (Fsp3) is 0.300. The van der Waals surface area contributed by atoms with Gasteiger partial charge in [0.2, 0.25) is 5.91 Å². The highest BCUT2D eigenvalue weighted by atomic mass is 16.4. The SMILES string of the molecule is O=C(Cn1cc(C(=O)O)nn1)NCCn1ccnc1. The molecule has 0 unspecified atom stereocenters. The molecule has 0 saturated heterocycles. The van der Waals surface area contributed by atoms with Gasteiger partial charge in [0, 0.05) is 25.5 Å². The normalized spacial score (nSPS) is 10.3. The Morgan fingerprint density at radius 3 is 2.89 bits per heavy atom. The lowest BCUT2D eigenvalue weighted by molar-refractivity contribution is -0.121.